The first-order valence-corrected chi connectivity index (χ1v) is 7.86. The summed E-state index contributed by atoms with van der Waals surface area (Å²) in [5.74, 6) is -0.914. The molecule has 4 aliphatic rings. The predicted octanol–water partition coefficient (Wildman–Crippen LogP) is 2.45. The number of rotatable bonds is 1. The van der Waals surface area contributed by atoms with Crippen LogP contribution in [0.15, 0.2) is 24.3 Å². The van der Waals surface area contributed by atoms with E-state index in [2.05, 4.69) is 17.6 Å². The van der Waals surface area contributed by atoms with Gasteiger partial charge in [0.05, 0.1) is 11.5 Å². The average molecular weight is 300 g/mol. The smallest absolute Gasteiger partial charge is 0.307 e. The average Bonchev–Trinajstić information content (AvgIpc) is 2.46. The zero-order chi connectivity index (χ0) is 15.5. The number of hydrogen-bond donors (Lipinski definition) is 3. The fourth-order valence-electron chi connectivity index (χ4n) is 4.83. The Bertz CT molecular complexity index is 674. The second-order valence-electron chi connectivity index (χ2n) is 7.29. The molecule has 0 unspecified atom stereocenters. The highest BCUT2D eigenvalue weighted by Gasteiger charge is 2.60. The van der Waals surface area contributed by atoms with E-state index >= 15 is 0 Å². The van der Waals surface area contributed by atoms with Crippen LogP contribution in [0.3, 0.4) is 0 Å². The van der Waals surface area contributed by atoms with E-state index in [1.54, 1.807) is 0 Å². The lowest BCUT2D eigenvalue weighted by atomic mass is 9.51. The van der Waals surface area contributed by atoms with Gasteiger partial charge in [-0.3, -0.25) is 9.59 Å². The van der Waals surface area contributed by atoms with Crippen molar-refractivity contribution in [2.75, 3.05) is 5.32 Å². The lowest BCUT2D eigenvalue weighted by Gasteiger charge is -2.60. The van der Waals surface area contributed by atoms with Gasteiger partial charge in [0.2, 0.25) is 0 Å². The van der Waals surface area contributed by atoms with Gasteiger partial charge in [0.25, 0.3) is 5.91 Å². The molecule has 5 heteroatoms. The van der Waals surface area contributed by atoms with Crippen LogP contribution in [-0.4, -0.2) is 22.6 Å². The number of fused-ring (bicyclic) bond motifs is 3. The second-order valence-corrected chi connectivity index (χ2v) is 7.29. The number of aliphatic carboxylic acids is 1. The van der Waals surface area contributed by atoms with Crippen molar-refractivity contribution < 1.29 is 14.7 Å². The molecule has 0 radical (unpaired) electrons. The van der Waals surface area contributed by atoms with E-state index in [0.717, 1.165) is 18.5 Å². The van der Waals surface area contributed by atoms with Crippen molar-refractivity contribution in [3.63, 3.8) is 0 Å². The number of carbonyl (C=O) groups excluding carboxylic acids is 1. The standard InChI is InChI=1S/C17H20N2O3/c1-16-7-6-10(8-12(16)15(21)22)17(9-16)18-13-5-3-2-4-11(13)14(20)19-17/h2-5,10,12,18H,6-9H2,1H3,(H,19,20)(H,21,22)/t10-,12-,16-,17+/m0/s1. The lowest BCUT2D eigenvalue weighted by molar-refractivity contribution is -0.156. The Morgan fingerprint density at radius 2 is 2.09 bits per heavy atom. The highest BCUT2D eigenvalue weighted by atomic mass is 16.4. The van der Waals surface area contributed by atoms with Gasteiger partial charge < -0.3 is 15.7 Å². The molecule has 3 aliphatic carbocycles. The van der Waals surface area contributed by atoms with Crippen molar-refractivity contribution in [3.8, 4) is 0 Å². The quantitative estimate of drug-likeness (QED) is 0.744. The Labute approximate surface area is 129 Å². The SMILES string of the molecule is C[C@@]12CC[C@@H](C[C@H]1C(=O)O)[C@@]1(C2)NC(=O)c2ccccc2N1. The van der Waals surface area contributed by atoms with Gasteiger partial charge in [-0.1, -0.05) is 19.1 Å². The van der Waals surface area contributed by atoms with Crippen molar-refractivity contribution >= 4 is 17.6 Å². The minimum Gasteiger partial charge on any atom is -0.481 e. The van der Waals surface area contributed by atoms with Gasteiger partial charge in [-0.2, -0.15) is 0 Å². The van der Waals surface area contributed by atoms with E-state index in [1.807, 2.05) is 24.3 Å². The Hall–Kier alpha value is -2.04. The molecule has 1 aromatic rings. The summed E-state index contributed by atoms with van der Waals surface area (Å²) in [6.07, 6.45) is 3.16. The number of nitrogens with one attached hydrogen (secondary N) is 2. The maximum Gasteiger partial charge on any atom is 0.307 e. The minimum atomic E-state index is -0.704. The molecule has 1 amide bonds. The molecule has 3 N–H and O–H groups in total. The zero-order valence-electron chi connectivity index (χ0n) is 12.6. The highest BCUT2D eigenvalue weighted by molar-refractivity contribution is 6.02. The summed E-state index contributed by atoms with van der Waals surface area (Å²) < 4.78 is 0. The first-order valence-electron chi connectivity index (χ1n) is 7.86. The van der Waals surface area contributed by atoms with Crippen LogP contribution in [0.2, 0.25) is 0 Å². The molecule has 0 saturated heterocycles. The first kappa shape index (κ1) is 13.6. The van der Waals surface area contributed by atoms with E-state index in [-0.39, 0.29) is 23.2 Å². The van der Waals surface area contributed by atoms with Crippen LogP contribution in [0, 0.1) is 17.3 Å². The molecule has 1 spiro atoms. The number of para-hydroxylation sites is 1. The third kappa shape index (κ3) is 1.71. The van der Waals surface area contributed by atoms with Gasteiger partial charge in [0.15, 0.2) is 0 Å². The van der Waals surface area contributed by atoms with Crippen molar-refractivity contribution in [1.82, 2.24) is 5.32 Å². The van der Waals surface area contributed by atoms with Crippen LogP contribution in [0.5, 0.6) is 0 Å². The molecular formula is C17H20N2O3. The predicted molar refractivity (Wildman–Crippen MR) is 81.5 cm³/mol. The number of carbonyl (C=O) groups is 2. The van der Waals surface area contributed by atoms with Gasteiger partial charge in [-0.05, 0) is 43.2 Å². The third-order valence-corrected chi connectivity index (χ3v) is 5.97. The fraction of sp³-hybridized carbons (Fsp3) is 0.529. The molecule has 5 rings (SSSR count). The topological polar surface area (TPSA) is 78.4 Å². The van der Waals surface area contributed by atoms with E-state index in [4.69, 9.17) is 0 Å². The first-order chi connectivity index (χ1) is 10.4. The third-order valence-electron chi connectivity index (χ3n) is 5.97. The summed E-state index contributed by atoms with van der Waals surface area (Å²) in [6, 6.07) is 7.51. The van der Waals surface area contributed by atoms with E-state index < -0.39 is 11.6 Å². The fourth-order valence-corrected chi connectivity index (χ4v) is 4.83. The molecule has 22 heavy (non-hydrogen) atoms. The second kappa shape index (κ2) is 4.24. The molecule has 3 saturated carbocycles. The van der Waals surface area contributed by atoms with Gasteiger partial charge in [0.1, 0.15) is 5.66 Å². The molecule has 5 nitrogen and oxygen atoms in total. The van der Waals surface area contributed by atoms with Crippen molar-refractivity contribution in [2.24, 2.45) is 17.3 Å². The van der Waals surface area contributed by atoms with Crippen molar-refractivity contribution in [1.29, 1.82) is 0 Å². The summed E-state index contributed by atoms with van der Waals surface area (Å²) in [5, 5.41) is 16.2. The van der Waals surface area contributed by atoms with E-state index in [9.17, 15) is 14.7 Å². The monoisotopic (exact) mass is 300 g/mol. The van der Waals surface area contributed by atoms with Gasteiger partial charge in [-0.15, -0.1) is 0 Å². The van der Waals surface area contributed by atoms with Crippen LogP contribution in [-0.2, 0) is 4.79 Å². The number of anilines is 1. The normalized spacial score (nSPS) is 39.0. The van der Waals surface area contributed by atoms with E-state index in [0.29, 0.717) is 18.4 Å². The molecule has 116 valence electrons. The van der Waals surface area contributed by atoms with Gasteiger partial charge >= 0.3 is 5.97 Å². The Kier molecular flexibility index (Phi) is 2.63. The minimum absolute atomic E-state index is 0.0580. The molecule has 4 atom stereocenters. The molecule has 1 aromatic carbocycles. The number of carboxylic acid groups (broad SMARTS) is 1. The van der Waals surface area contributed by atoms with Crippen LogP contribution in [0.1, 0.15) is 43.0 Å². The number of carboxylic acids is 1. The summed E-state index contributed by atoms with van der Waals surface area (Å²) in [7, 11) is 0. The summed E-state index contributed by atoms with van der Waals surface area (Å²) in [4.78, 5) is 24.1. The Morgan fingerprint density at radius 1 is 1.32 bits per heavy atom. The van der Waals surface area contributed by atoms with Gasteiger partial charge in [0, 0.05) is 11.6 Å². The van der Waals surface area contributed by atoms with Crippen molar-refractivity contribution in [3.05, 3.63) is 29.8 Å². The molecule has 3 fully saturated rings. The molecule has 0 aromatic heterocycles. The highest BCUT2D eigenvalue weighted by Crippen LogP contribution is 2.58. The zero-order valence-corrected chi connectivity index (χ0v) is 12.6. The lowest BCUT2D eigenvalue weighted by Crippen LogP contribution is -2.69. The Morgan fingerprint density at radius 3 is 2.82 bits per heavy atom. The van der Waals surface area contributed by atoms with Gasteiger partial charge in [-0.25, -0.2) is 0 Å². The number of amides is 1. The summed E-state index contributed by atoms with van der Waals surface area (Å²) in [5.41, 5.74) is 0.751. The maximum atomic E-state index is 12.5. The number of benzene rings is 1. The van der Waals surface area contributed by atoms with Crippen LogP contribution >= 0.6 is 0 Å². The Balaban J connectivity index is 1.73. The summed E-state index contributed by atoms with van der Waals surface area (Å²) >= 11 is 0. The van der Waals surface area contributed by atoms with Crippen LogP contribution in [0.25, 0.3) is 0 Å². The molecular weight excluding hydrogens is 280 g/mol. The van der Waals surface area contributed by atoms with E-state index in [1.165, 1.54) is 0 Å². The summed E-state index contributed by atoms with van der Waals surface area (Å²) in [6.45, 7) is 2.05. The van der Waals surface area contributed by atoms with Crippen LogP contribution in [0.4, 0.5) is 5.69 Å². The molecule has 1 aliphatic heterocycles. The van der Waals surface area contributed by atoms with Crippen molar-refractivity contribution in [2.45, 2.75) is 38.3 Å². The van der Waals surface area contributed by atoms with Crippen LogP contribution < -0.4 is 10.6 Å². The molecule has 2 bridgehead atoms. The molecule has 1 heterocycles. The largest absolute Gasteiger partial charge is 0.481 e. The number of hydrogen-bond acceptors (Lipinski definition) is 3. The maximum absolute atomic E-state index is 12.5.